The molecule has 44 heavy (non-hydrogen) atoms. The summed E-state index contributed by atoms with van der Waals surface area (Å²) in [7, 11) is 1.38. The van der Waals surface area contributed by atoms with Gasteiger partial charge in [0, 0.05) is 24.6 Å². The van der Waals surface area contributed by atoms with Crippen molar-refractivity contribution in [2.45, 2.75) is 128 Å². The van der Waals surface area contributed by atoms with Crippen LogP contribution in [0.15, 0.2) is 36.0 Å². The highest BCUT2D eigenvalue weighted by atomic mass is 16.6. The predicted molar refractivity (Wildman–Crippen MR) is 166 cm³/mol. The highest BCUT2D eigenvalue weighted by Crippen LogP contribution is 2.56. The van der Waals surface area contributed by atoms with Crippen LogP contribution in [0.2, 0.25) is 0 Å². The van der Waals surface area contributed by atoms with Crippen molar-refractivity contribution in [3.8, 4) is 0 Å². The minimum atomic E-state index is -0.581. The molecule has 0 radical (unpaired) electrons. The number of carbonyl (C=O) groups excluding carboxylic acids is 3. The topological polar surface area (TPSA) is 124 Å². The maximum absolute atomic E-state index is 12.6. The van der Waals surface area contributed by atoms with Gasteiger partial charge in [0.05, 0.1) is 44.0 Å². The Kier molecular flexibility index (Phi) is 12.1. The van der Waals surface area contributed by atoms with Crippen molar-refractivity contribution >= 4 is 18.0 Å². The number of allylic oxidation sites excluding steroid dienone is 2. The smallest absolute Gasteiger partial charge is 0.410 e. The van der Waals surface area contributed by atoms with Crippen LogP contribution >= 0.6 is 0 Å². The van der Waals surface area contributed by atoms with Gasteiger partial charge in [0.25, 0.3) is 0 Å². The number of rotatable bonds is 10. The van der Waals surface area contributed by atoms with Gasteiger partial charge in [-0.3, -0.25) is 9.59 Å². The fraction of sp³-hybridized carbons (Fsp3) is 0.735. The van der Waals surface area contributed by atoms with Crippen molar-refractivity contribution < 1.29 is 38.4 Å². The van der Waals surface area contributed by atoms with E-state index in [1.807, 2.05) is 26.0 Å². The first-order chi connectivity index (χ1) is 21.0. The average molecular weight is 617 g/mol. The number of methoxy groups -OCH3 is 1. The monoisotopic (exact) mass is 616 g/mol. The summed E-state index contributed by atoms with van der Waals surface area (Å²) in [6.45, 7) is 9.33. The Morgan fingerprint density at radius 1 is 1.11 bits per heavy atom. The summed E-state index contributed by atoms with van der Waals surface area (Å²) in [6, 6.07) is -0.118. The van der Waals surface area contributed by atoms with Gasteiger partial charge < -0.3 is 34.3 Å². The summed E-state index contributed by atoms with van der Waals surface area (Å²) < 4.78 is 22.7. The van der Waals surface area contributed by atoms with E-state index in [1.54, 1.807) is 17.9 Å². The van der Waals surface area contributed by atoms with Gasteiger partial charge in [0.15, 0.2) is 0 Å². The fourth-order valence-electron chi connectivity index (χ4n) is 6.60. The SMILES string of the molecule is COC(=O)C[C@@H]1CC2(CC2)[C@H](O)[C@@H](/C=C/C(C)=C/C[C@@H]2O[C@H](C)[C@H](NC(=O)/C=C\[C@H](C)OC(=O)N3CCCCC3)C[C@@H]2C)O1. The van der Waals surface area contributed by atoms with Crippen LogP contribution in [0.4, 0.5) is 4.79 Å². The highest BCUT2D eigenvalue weighted by molar-refractivity contribution is 5.87. The Morgan fingerprint density at radius 3 is 2.52 bits per heavy atom. The van der Waals surface area contributed by atoms with E-state index in [1.165, 1.54) is 13.2 Å². The van der Waals surface area contributed by atoms with Crippen LogP contribution in [0.3, 0.4) is 0 Å². The third-order valence-electron chi connectivity index (χ3n) is 9.62. The Balaban J connectivity index is 1.22. The number of aliphatic hydroxyl groups is 1. The molecular formula is C34H52N2O8. The molecule has 0 aromatic rings. The minimum Gasteiger partial charge on any atom is -0.469 e. The number of piperidine rings is 1. The largest absolute Gasteiger partial charge is 0.469 e. The zero-order valence-corrected chi connectivity index (χ0v) is 27.0. The number of hydrogen-bond donors (Lipinski definition) is 2. The third-order valence-corrected chi connectivity index (χ3v) is 9.62. The molecule has 10 nitrogen and oxygen atoms in total. The van der Waals surface area contributed by atoms with Crippen molar-refractivity contribution in [3.63, 3.8) is 0 Å². The van der Waals surface area contributed by atoms with E-state index < -0.39 is 18.3 Å². The molecule has 4 rings (SSSR count). The zero-order valence-electron chi connectivity index (χ0n) is 27.0. The van der Waals surface area contributed by atoms with E-state index in [-0.39, 0.29) is 60.1 Å². The maximum Gasteiger partial charge on any atom is 0.410 e. The van der Waals surface area contributed by atoms with Crippen LogP contribution in [0.5, 0.6) is 0 Å². The normalized spacial score (nSPS) is 32.9. The van der Waals surface area contributed by atoms with Gasteiger partial charge in [-0.05, 0) is 84.1 Å². The Morgan fingerprint density at radius 2 is 1.84 bits per heavy atom. The highest BCUT2D eigenvalue weighted by Gasteiger charge is 2.56. The lowest BCUT2D eigenvalue weighted by atomic mass is 9.84. The second kappa shape index (κ2) is 15.5. The molecule has 0 bridgehead atoms. The molecule has 4 fully saturated rings. The molecule has 2 N–H and O–H groups in total. The number of hydrogen-bond acceptors (Lipinski definition) is 8. The number of amides is 2. The summed E-state index contributed by atoms with van der Waals surface area (Å²) in [5, 5.41) is 14.0. The number of nitrogens with one attached hydrogen (secondary N) is 1. The molecule has 1 spiro atoms. The zero-order chi connectivity index (χ0) is 31.9. The van der Waals surface area contributed by atoms with Gasteiger partial charge in [0.2, 0.25) is 5.91 Å². The molecule has 3 aliphatic heterocycles. The molecule has 4 aliphatic rings. The summed E-state index contributed by atoms with van der Waals surface area (Å²) in [6.07, 6.45) is 14.2. The van der Waals surface area contributed by atoms with E-state index in [2.05, 4.69) is 18.3 Å². The van der Waals surface area contributed by atoms with Gasteiger partial charge in [-0.25, -0.2) is 4.79 Å². The first-order valence-corrected chi connectivity index (χ1v) is 16.3. The summed E-state index contributed by atoms with van der Waals surface area (Å²) >= 11 is 0. The van der Waals surface area contributed by atoms with Crippen molar-refractivity contribution in [1.29, 1.82) is 0 Å². The van der Waals surface area contributed by atoms with E-state index in [0.29, 0.717) is 6.42 Å². The fourth-order valence-corrected chi connectivity index (χ4v) is 6.60. The summed E-state index contributed by atoms with van der Waals surface area (Å²) in [5.41, 5.74) is 0.893. The second-order valence-corrected chi connectivity index (χ2v) is 13.3. The number of carbonyl (C=O) groups is 3. The number of ether oxygens (including phenoxy) is 4. The maximum atomic E-state index is 12.6. The van der Waals surface area contributed by atoms with Crippen LogP contribution < -0.4 is 5.32 Å². The van der Waals surface area contributed by atoms with Crippen LogP contribution in [0, 0.1) is 11.3 Å². The average Bonchev–Trinajstić information content (AvgIpc) is 3.78. The van der Waals surface area contributed by atoms with Gasteiger partial charge in [-0.2, -0.15) is 0 Å². The Hall–Kier alpha value is -2.69. The molecule has 1 aliphatic carbocycles. The van der Waals surface area contributed by atoms with Crippen LogP contribution in [-0.4, -0.2) is 90.8 Å². The summed E-state index contributed by atoms with van der Waals surface area (Å²) in [4.78, 5) is 38.5. The van der Waals surface area contributed by atoms with E-state index >= 15 is 0 Å². The molecule has 0 unspecified atom stereocenters. The predicted octanol–water partition coefficient (Wildman–Crippen LogP) is 4.61. The molecule has 0 aromatic carbocycles. The molecule has 3 heterocycles. The molecule has 10 heteroatoms. The quantitative estimate of drug-likeness (QED) is 0.207. The van der Waals surface area contributed by atoms with Crippen molar-refractivity contribution in [2.24, 2.45) is 11.3 Å². The molecule has 246 valence electrons. The number of esters is 1. The van der Waals surface area contributed by atoms with E-state index in [0.717, 1.165) is 63.6 Å². The summed E-state index contributed by atoms with van der Waals surface area (Å²) in [5.74, 6) is -0.294. The Bertz CT molecular complexity index is 1090. The molecule has 2 amide bonds. The number of likely N-dealkylation sites (tertiary alicyclic amines) is 1. The van der Waals surface area contributed by atoms with Gasteiger partial charge in [0.1, 0.15) is 12.2 Å². The minimum absolute atomic E-state index is 0.0157. The lowest BCUT2D eigenvalue weighted by molar-refractivity contribution is -0.158. The molecule has 3 saturated heterocycles. The molecule has 8 atom stereocenters. The number of aliphatic hydroxyl groups excluding tert-OH is 1. The van der Waals surface area contributed by atoms with Gasteiger partial charge in [-0.1, -0.05) is 30.7 Å². The molecular weight excluding hydrogens is 564 g/mol. The number of nitrogens with zero attached hydrogens (tertiary/aromatic N) is 1. The molecule has 1 saturated carbocycles. The standard InChI is InChI=1S/C34H52N2O8/c1-22(10-13-29-32(39)34(15-16-34)21-26(44-29)20-31(38)41-5)9-12-28-23(2)19-27(25(4)43-28)35-30(37)14-11-24(3)42-33(40)36-17-7-6-8-18-36/h9-11,13-14,23-29,32,39H,6-8,12,15-21H2,1-5H3,(H,35,37)/b13-10+,14-11-,22-9+/t23-,24-,25+,26+,27+,28-,29+,32+/m0/s1. The van der Waals surface area contributed by atoms with Crippen molar-refractivity contribution in [2.75, 3.05) is 20.2 Å². The first kappa shape index (κ1) is 34.2. The van der Waals surface area contributed by atoms with Gasteiger partial charge in [-0.15, -0.1) is 0 Å². The van der Waals surface area contributed by atoms with Crippen molar-refractivity contribution in [3.05, 3.63) is 36.0 Å². The van der Waals surface area contributed by atoms with Gasteiger partial charge >= 0.3 is 12.1 Å². The van der Waals surface area contributed by atoms with Crippen LogP contribution in [-0.2, 0) is 28.5 Å². The van der Waals surface area contributed by atoms with Crippen LogP contribution in [0.25, 0.3) is 0 Å². The van der Waals surface area contributed by atoms with E-state index in [9.17, 15) is 19.5 Å². The Labute approximate surface area is 262 Å². The lowest BCUT2D eigenvalue weighted by Gasteiger charge is -2.39. The van der Waals surface area contributed by atoms with E-state index in [4.69, 9.17) is 18.9 Å². The molecule has 0 aromatic heterocycles. The van der Waals surface area contributed by atoms with Crippen LogP contribution in [0.1, 0.15) is 85.5 Å². The third kappa shape index (κ3) is 9.41. The lowest BCUT2D eigenvalue weighted by Crippen LogP contribution is -2.50. The van der Waals surface area contributed by atoms with Crippen molar-refractivity contribution in [1.82, 2.24) is 10.2 Å². The first-order valence-electron chi connectivity index (χ1n) is 16.3. The second-order valence-electron chi connectivity index (χ2n) is 13.3.